The van der Waals surface area contributed by atoms with Crippen LogP contribution in [0.4, 0.5) is 4.39 Å². The first-order valence-corrected chi connectivity index (χ1v) is 7.60. The van der Waals surface area contributed by atoms with Crippen LogP contribution in [0, 0.1) is 5.82 Å². The first-order valence-electron chi connectivity index (χ1n) is 7.22. The van der Waals surface area contributed by atoms with Crippen molar-refractivity contribution in [3.8, 4) is 11.5 Å². The van der Waals surface area contributed by atoms with Crippen molar-refractivity contribution in [3.05, 3.63) is 58.4 Å². The number of halogens is 2. The Morgan fingerprint density at radius 1 is 1.28 bits per heavy atom. The van der Waals surface area contributed by atoms with Crippen molar-refractivity contribution in [2.24, 2.45) is 5.73 Å². The summed E-state index contributed by atoms with van der Waals surface area (Å²) in [5.41, 5.74) is 5.58. The standard InChI is InChI=1S/C17H16ClFN2O4/c1-24-14-7-11(6-12(18)16(14)25-9-15(20)22)17(23)21-8-10-4-2-3-5-13(10)19/h2-7H,8-9H2,1H3,(H2,20,22)(H,21,23). The molecule has 2 aromatic rings. The predicted octanol–water partition coefficient (Wildman–Crippen LogP) is 2.28. The third-order valence-electron chi connectivity index (χ3n) is 3.25. The minimum Gasteiger partial charge on any atom is -0.493 e. The van der Waals surface area contributed by atoms with Gasteiger partial charge in [-0.05, 0) is 18.2 Å². The molecule has 0 radical (unpaired) electrons. The van der Waals surface area contributed by atoms with E-state index in [4.69, 9.17) is 26.8 Å². The fourth-order valence-electron chi connectivity index (χ4n) is 2.05. The van der Waals surface area contributed by atoms with Gasteiger partial charge >= 0.3 is 0 Å². The van der Waals surface area contributed by atoms with Gasteiger partial charge in [0, 0.05) is 17.7 Å². The number of methoxy groups -OCH3 is 1. The molecule has 8 heteroatoms. The van der Waals surface area contributed by atoms with E-state index in [9.17, 15) is 14.0 Å². The minimum absolute atomic E-state index is 0.0192. The number of primary amides is 1. The molecule has 0 unspecified atom stereocenters. The Hall–Kier alpha value is -2.80. The Labute approximate surface area is 148 Å². The lowest BCUT2D eigenvalue weighted by Gasteiger charge is -2.13. The van der Waals surface area contributed by atoms with E-state index in [1.807, 2.05) is 0 Å². The summed E-state index contributed by atoms with van der Waals surface area (Å²) in [6.45, 7) is -0.361. The highest BCUT2D eigenvalue weighted by Crippen LogP contribution is 2.36. The molecule has 0 aromatic heterocycles. The first kappa shape index (κ1) is 18.5. The molecule has 0 fully saturated rings. The molecule has 0 atom stereocenters. The normalized spacial score (nSPS) is 10.2. The molecule has 0 heterocycles. The number of nitrogens with two attached hydrogens (primary N) is 1. The van der Waals surface area contributed by atoms with Crippen LogP contribution in [0.15, 0.2) is 36.4 Å². The maximum atomic E-state index is 13.6. The van der Waals surface area contributed by atoms with Crippen LogP contribution in [0.5, 0.6) is 11.5 Å². The van der Waals surface area contributed by atoms with E-state index < -0.39 is 17.6 Å². The molecule has 0 saturated heterocycles. The van der Waals surface area contributed by atoms with Crippen LogP contribution in [0.3, 0.4) is 0 Å². The van der Waals surface area contributed by atoms with E-state index in [0.717, 1.165) is 0 Å². The van der Waals surface area contributed by atoms with E-state index >= 15 is 0 Å². The van der Waals surface area contributed by atoms with Gasteiger partial charge in [0.25, 0.3) is 11.8 Å². The number of hydrogen-bond acceptors (Lipinski definition) is 4. The predicted molar refractivity (Wildman–Crippen MR) is 90.3 cm³/mol. The quantitative estimate of drug-likeness (QED) is 0.786. The number of carbonyl (C=O) groups is 2. The highest BCUT2D eigenvalue weighted by Gasteiger charge is 2.17. The number of rotatable bonds is 7. The summed E-state index contributed by atoms with van der Waals surface area (Å²) >= 11 is 6.09. The van der Waals surface area contributed by atoms with E-state index in [0.29, 0.717) is 5.56 Å². The SMILES string of the molecule is COc1cc(C(=O)NCc2ccccc2F)cc(Cl)c1OCC(N)=O. The van der Waals surface area contributed by atoms with Gasteiger partial charge in [0.1, 0.15) is 5.82 Å². The smallest absolute Gasteiger partial charge is 0.255 e. The minimum atomic E-state index is -0.676. The number of hydrogen-bond donors (Lipinski definition) is 2. The Bertz CT molecular complexity index is 798. The van der Waals surface area contributed by atoms with Crippen LogP contribution in [0.2, 0.25) is 5.02 Å². The number of ether oxygens (including phenoxy) is 2. The van der Waals surface area contributed by atoms with Crippen LogP contribution in [-0.2, 0) is 11.3 Å². The Balaban J connectivity index is 2.15. The van der Waals surface area contributed by atoms with Gasteiger partial charge in [0.05, 0.1) is 12.1 Å². The van der Waals surface area contributed by atoms with E-state index in [2.05, 4.69) is 5.32 Å². The van der Waals surface area contributed by atoms with Crippen molar-refractivity contribution >= 4 is 23.4 Å². The van der Waals surface area contributed by atoms with Gasteiger partial charge in [0.15, 0.2) is 18.1 Å². The van der Waals surface area contributed by atoms with Crippen LogP contribution >= 0.6 is 11.6 Å². The fourth-order valence-corrected chi connectivity index (χ4v) is 2.32. The van der Waals surface area contributed by atoms with Crippen LogP contribution < -0.4 is 20.5 Å². The summed E-state index contributed by atoms with van der Waals surface area (Å²) in [4.78, 5) is 23.1. The molecular formula is C17H16ClFN2O4. The van der Waals surface area contributed by atoms with Crippen molar-refractivity contribution in [2.45, 2.75) is 6.54 Å². The topological polar surface area (TPSA) is 90.7 Å². The van der Waals surface area contributed by atoms with Gasteiger partial charge < -0.3 is 20.5 Å². The Morgan fingerprint density at radius 2 is 2.00 bits per heavy atom. The summed E-state index contributed by atoms with van der Waals surface area (Å²) in [6, 6.07) is 8.89. The van der Waals surface area contributed by atoms with Gasteiger partial charge in [-0.25, -0.2) is 4.39 Å². The molecule has 2 rings (SSSR count). The van der Waals surface area contributed by atoms with Crippen molar-refractivity contribution in [3.63, 3.8) is 0 Å². The summed E-state index contributed by atoms with van der Waals surface area (Å²) in [5, 5.41) is 2.68. The Kier molecular flexibility index (Phi) is 6.19. The van der Waals surface area contributed by atoms with E-state index in [-0.39, 0.29) is 35.2 Å². The molecule has 0 bridgehead atoms. The fraction of sp³-hybridized carbons (Fsp3) is 0.176. The molecule has 3 N–H and O–H groups in total. The summed E-state index contributed by atoms with van der Waals surface area (Å²) in [5.74, 6) is -1.28. The molecule has 2 aromatic carbocycles. The highest BCUT2D eigenvalue weighted by molar-refractivity contribution is 6.32. The Morgan fingerprint density at radius 3 is 2.64 bits per heavy atom. The molecule has 6 nitrogen and oxygen atoms in total. The summed E-state index contributed by atoms with van der Waals surface area (Å²) in [7, 11) is 1.36. The maximum absolute atomic E-state index is 13.6. The molecule has 25 heavy (non-hydrogen) atoms. The zero-order chi connectivity index (χ0) is 18.4. The lowest BCUT2D eigenvalue weighted by Crippen LogP contribution is -2.23. The average molecular weight is 367 g/mol. The van der Waals surface area contributed by atoms with Crippen molar-refractivity contribution in [1.29, 1.82) is 0 Å². The number of carbonyl (C=O) groups excluding carboxylic acids is 2. The van der Waals surface area contributed by atoms with Crippen molar-refractivity contribution in [2.75, 3.05) is 13.7 Å². The molecule has 132 valence electrons. The zero-order valence-electron chi connectivity index (χ0n) is 13.3. The van der Waals surface area contributed by atoms with Gasteiger partial charge in [0.2, 0.25) is 0 Å². The van der Waals surface area contributed by atoms with Crippen LogP contribution in [-0.4, -0.2) is 25.5 Å². The van der Waals surface area contributed by atoms with Gasteiger partial charge in [-0.3, -0.25) is 9.59 Å². The molecular weight excluding hydrogens is 351 g/mol. The number of amides is 2. The average Bonchev–Trinajstić information content (AvgIpc) is 2.58. The molecule has 0 aliphatic heterocycles. The third kappa shape index (κ3) is 4.84. The van der Waals surface area contributed by atoms with Gasteiger partial charge in [-0.1, -0.05) is 29.8 Å². The molecule has 2 amide bonds. The highest BCUT2D eigenvalue weighted by atomic mass is 35.5. The van der Waals surface area contributed by atoms with Gasteiger partial charge in [-0.15, -0.1) is 0 Å². The summed E-state index contributed by atoms with van der Waals surface area (Å²) in [6.07, 6.45) is 0. The maximum Gasteiger partial charge on any atom is 0.255 e. The van der Waals surface area contributed by atoms with Crippen LogP contribution in [0.25, 0.3) is 0 Å². The second kappa shape index (κ2) is 8.34. The number of benzene rings is 2. The zero-order valence-corrected chi connectivity index (χ0v) is 14.1. The molecule has 0 aliphatic carbocycles. The molecule has 0 aliphatic rings. The van der Waals surface area contributed by atoms with Crippen molar-refractivity contribution < 1.29 is 23.5 Å². The monoisotopic (exact) mass is 366 g/mol. The van der Waals surface area contributed by atoms with Crippen molar-refractivity contribution in [1.82, 2.24) is 5.32 Å². The second-order valence-corrected chi connectivity index (χ2v) is 5.43. The second-order valence-electron chi connectivity index (χ2n) is 5.02. The third-order valence-corrected chi connectivity index (χ3v) is 3.53. The molecule has 0 saturated carbocycles. The largest absolute Gasteiger partial charge is 0.493 e. The lowest BCUT2D eigenvalue weighted by molar-refractivity contribution is -0.119. The van der Waals surface area contributed by atoms with E-state index in [1.54, 1.807) is 18.2 Å². The summed E-state index contributed by atoms with van der Waals surface area (Å²) < 4.78 is 23.9. The van der Waals surface area contributed by atoms with Crippen LogP contribution in [0.1, 0.15) is 15.9 Å². The first-order chi connectivity index (χ1) is 11.9. The van der Waals surface area contributed by atoms with E-state index in [1.165, 1.54) is 25.3 Å². The lowest BCUT2D eigenvalue weighted by atomic mass is 10.1. The number of nitrogens with one attached hydrogen (secondary N) is 1. The molecule has 0 spiro atoms. The van der Waals surface area contributed by atoms with Gasteiger partial charge in [-0.2, -0.15) is 0 Å².